The van der Waals surface area contributed by atoms with Gasteiger partial charge in [-0.25, -0.2) is 0 Å². The molecule has 21 heavy (non-hydrogen) atoms. The van der Waals surface area contributed by atoms with Gasteiger partial charge < -0.3 is 14.2 Å². The molecule has 1 aliphatic rings. The number of ether oxygens (including phenoxy) is 3. The van der Waals surface area contributed by atoms with Crippen molar-refractivity contribution in [1.82, 2.24) is 0 Å². The Morgan fingerprint density at radius 3 is 2.05 bits per heavy atom. The van der Waals surface area contributed by atoms with E-state index in [4.69, 9.17) is 14.2 Å². The monoisotopic (exact) mass is 286 g/mol. The first-order valence-electron chi connectivity index (χ1n) is 7.41. The second-order valence-corrected chi connectivity index (χ2v) is 4.51. The Morgan fingerprint density at radius 1 is 0.905 bits per heavy atom. The van der Waals surface area contributed by atoms with Crippen LogP contribution in [0.1, 0.15) is 19.4 Å². The summed E-state index contributed by atoms with van der Waals surface area (Å²) in [7, 11) is 0. The largest absolute Gasteiger partial charge is 0.491 e. The molecule has 1 atom stereocenters. The van der Waals surface area contributed by atoms with Crippen molar-refractivity contribution in [3.63, 3.8) is 0 Å². The molecule has 0 radical (unpaired) electrons. The minimum atomic E-state index is 0.286. The molecule has 0 saturated carbocycles. The van der Waals surface area contributed by atoms with E-state index in [0.717, 1.165) is 23.7 Å². The van der Waals surface area contributed by atoms with Gasteiger partial charge in [-0.3, -0.25) is 0 Å². The van der Waals surface area contributed by atoms with Crippen LogP contribution < -0.4 is 9.47 Å². The molecule has 3 rings (SSSR count). The highest BCUT2D eigenvalue weighted by molar-refractivity contribution is 5.31. The fourth-order valence-electron chi connectivity index (χ4n) is 1.73. The van der Waals surface area contributed by atoms with E-state index in [9.17, 15) is 0 Å². The highest BCUT2D eigenvalue weighted by Gasteiger charge is 2.22. The summed E-state index contributed by atoms with van der Waals surface area (Å²) in [6, 6.07) is 17.8. The lowest BCUT2D eigenvalue weighted by Gasteiger charge is -2.08. The lowest BCUT2D eigenvalue weighted by atomic mass is 10.2. The number of hydrogen-bond donors (Lipinski definition) is 0. The minimum absolute atomic E-state index is 0.286. The Bertz CT molecular complexity index is 504. The van der Waals surface area contributed by atoms with E-state index in [0.29, 0.717) is 13.2 Å². The third-order valence-electron chi connectivity index (χ3n) is 2.91. The Morgan fingerprint density at radius 2 is 1.48 bits per heavy atom. The van der Waals surface area contributed by atoms with E-state index in [-0.39, 0.29) is 6.10 Å². The molecule has 0 aromatic heterocycles. The van der Waals surface area contributed by atoms with Crippen LogP contribution in [0.2, 0.25) is 0 Å². The van der Waals surface area contributed by atoms with Crippen LogP contribution in [-0.2, 0) is 11.3 Å². The van der Waals surface area contributed by atoms with E-state index < -0.39 is 0 Å². The SMILES string of the molecule is CC.c1ccc(COc2ccc(OCC3CO3)cc2)cc1. The summed E-state index contributed by atoms with van der Waals surface area (Å²) in [6.45, 7) is 6.03. The quantitative estimate of drug-likeness (QED) is 0.750. The van der Waals surface area contributed by atoms with Crippen LogP contribution in [0.15, 0.2) is 54.6 Å². The van der Waals surface area contributed by atoms with Crippen molar-refractivity contribution >= 4 is 0 Å². The van der Waals surface area contributed by atoms with Crippen molar-refractivity contribution in [1.29, 1.82) is 0 Å². The maximum absolute atomic E-state index is 5.70. The fourth-order valence-corrected chi connectivity index (χ4v) is 1.73. The Balaban J connectivity index is 0.000000774. The van der Waals surface area contributed by atoms with Gasteiger partial charge in [0.25, 0.3) is 0 Å². The van der Waals surface area contributed by atoms with Gasteiger partial charge in [0.05, 0.1) is 6.61 Å². The predicted octanol–water partition coefficient (Wildman–Crippen LogP) is 4.07. The van der Waals surface area contributed by atoms with Crippen molar-refractivity contribution in [2.75, 3.05) is 13.2 Å². The number of hydrogen-bond acceptors (Lipinski definition) is 3. The molecule has 0 bridgehead atoms. The van der Waals surface area contributed by atoms with Gasteiger partial charge in [0.15, 0.2) is 0 Å². The van der Waals surface area contributed by atoms with E-state index in [1.165, 1.54) is 0 Å². The van der Waals surface area contributed by atoms with Gasteiger partial charge in [0.1, 0.15) is 30.8 Å². The molecular formula is C18H22O3. The first-order valence-corrected chi connectivity index (χ1v) is 7.41. The van der Waals surface area contributed by atoms with Gasteiger partial charge in [-0.1, -0.05) is 44.2 Å². The predicted molar refractivity (Wildman–Crippen MR) is 83.8 cm³/mol. The first-order chi connectivity index (χ1) is 10.4. The molecule has 0 amide bonds. The lowest BCUT2D eigenvalue weighted by molar-refractivity contribution is 0.262. The van der Waals surface area contributed by atoms with Crippen molar-refractivity contribution in [3.8, 4) is 11.5 Å². The van der Waals surface area contributed by atoms with Crippen LogP contribution in [0.3, 0.4) is 0 Å². The molecule has 2 aromatic rings. The maximum atomic E-state index is 5.70. The standard InChI is InChI=1S/C16H16O3.C2H6/c1-2-4-13(5-3-1)10-17-14-6-8-15(9-7-14)18-11-16-12-19-16;1-2/h1-9,16H,10-12H2;1-2H3. The molecule has 0 spiro atoms. The molecule has 112 valence electrons. The van der Waals surface area contributed by atoms with Crippen molar-refractivity contribution in [2.24, 2.45) is 0 Å². The summed E-state index contributed by atoms with van der Waals surface area (Å²) in [6.07, 6.45) is 0.286. The zero-order chi connectivity index (χ0) is 14.9. The number of benzene rings is 2. The van der Waals surface area contributed by atoms with Gasteiger partial charge in [-0.2, -0.15) is 0 Å². The minimum Gasteiger partial charge on any atom is -0.491 e. The van der Waals surface area contributed by atoms with Crippen LogP contribution in [-0.4, -0.2) is 19.3 Å². The second kappa shape index (κ2) is 8.32. The van der Waals surface area contributed by atoms with E-state index in [1.807, 2.05) is 68.4 Å². The Kier molecular flexibility index (Phi) is 6.10. The molecule has 3 heteroatoms. The molecule has 0 N–H and O–H groups in total. The average Bonchev–Trinajstić information content (AvgIpc) is 3.39. The van der Waals surface area contributed by atoms with Gasteiger partial charge >= 0.3 is 0 Å². The van der Waals surface area contributed by atoms with E-state index in [2.05, 4.69) is 0 Å². The molecule has 0 aliphatic carbocycles. The summed E-state index contributed by atoms with van der Waals surface area (Å²) in [5.74, 6) is 1.70. The third kappa shape index (κ3) is 5.48. The fraction of sp³-hybridized carbons (Fsp3) is 0.333. The summed E-state index contributed by atoms with van der Waals surface area (Å²) < 4.78 is 16.4. The van der Waals surface area contributed by atoms with Crippen molar-refractivity contribution in [2.45, 2.75) is 26.6 Å². The van der Waals surface area contributed by atoms with Gasteiger partial charge in [0.2, 0.25) is 0 Å². The average molecular weight is 286 g/mol. The van der Waals surface area contributed by atoms with E-state index in [1.54, 1.807) is 0 Å². The smallest absolute Gasteiger partial charge is 0.120 e. The first kappa shape index (κ1) is 15.4. The third-order valence-corrected chi connectivity index (χ3v) is 2.91. The van der Waals surface area contributed by atoms with Crippen LogP contribution in [0.4, 0.5) is 0 Å². The van der Waals surface area contributed by atoms with E-state index >= 15 is 0 Å². The molecule has 1 heterocycles. The summed E-state index contributed by atoms with van der Waals surface area (Å²) >= 11 is 0. The summed E-state index contributed by atoms with van der Waals surface area (Å²) in [4.78, 5) is 0. The number of epoxide rings is 1. The molecule has 2 aromatic carbocycles. The Hall–Kier alpha value is -2.00. The van der Waals surface area contributed by atoms with Crippen LogP contribution in [0.25, 0.3) is 0 Å². The zero-order valence-electron chi connectivity index (χ0n) is 12.6. The highest BCUT2D eigenvalue weighted by atomic mass is 16.6. The Labute approximate surface area is 126 Å². The molecule has 1 unspecified atom stereocenters. The van der Waals surface area contributed by atoms with Crippen LogP contribution in [0, 0.1) is 0 Å². The van der Waals surface area contributed by atoms with Crippen molar-refractivity contribution < 1.29 is 14.2 Å². The molecule has 3 nitrogen and oxygen atoms in total. The molecule has 1 fully saturated rings. The lowest BCUT2D eigenvalue weighted by Crippen LogP contribution is -2.03. The number of rotatable bonds is 6. The van der Waals surface area contributed by atoms with Crippen molar-refractivity contribution in [3.05, 3.63) is 60.2 Å². The second-order valence-electron chi connectivity index (χ2n) is 4.51. The van der Waals surface area contributed by atoms with Crippen LogP contribution in [0.5, 0.6) is 11.5 Å². The maximum Gasteiger partial charge on any atom is 0.120 e. The molecule has 1 saturated heterocycles. The highest BCUT2D eigenvalue weighted by Crippen LogP contribution is 2.20. The summed E-state index contributed by atoms with van der Waals surface area (Å²) in [5, 5.41) is 0. The summed E-state index contributed by atoms with van der Waals surface area (Å²) in [5.41, 5.74) is 1.16. The van der Waals surface area contributed by atoms with Gasteiger partial charge in [-0.15, -0.1) is 0 Å². The van der Waals surface area contributed by atoms with Gasteiger partial charge in [-0.05, 0) is 29.8 Å². The normalized spacial score (nSPS) is 15.6. The van der Waals surface area contributed by atoms with Gasteiger partial charge in [0, 0.05) is 0 Å². The molecular weight excluding hydrogens is 264 g/mol. The van der Waals surface area contributed by atoms with Crippen LogP contribution >= 0.6 is 0 Å². The topological polar surface area (TPSA) is 31.0 Å². The zero-order valence-corrected chi connectivity index (χ0v) is 12.6. The molecule has 1 aliphatic heterocycles.